The van der Waals surface area contributed by atoms with Gasteiger partial charge in [-0.2, -0.15) is 10.4 Å². The summed E-state index contributed by atoms with van der Waals surface area (Å²) in [6.07, 6.45) is 3.35. The topological polar surface area (TPSA) is 78.9 Å². The van der Waals surface area contributed by atoms with Gasteiger partial charge in [0.05, 0.1) is 17.7 Å². The summed E-state index contributed by atoms with van der Waals surface area (Å²) in [6.45, 7) is 5.32. The van der Waals surface area contributed by atoms with Crippen LogP contribution in [0.15, 0.2) is 36.7 Å². The molecule has 0 amide bonds. The largest absolute Gasteiger partial charge is 0.480 e. The molecule has 0 radical (unpaired) electrons. The minimum absolute atomic E-state index is 0.527. The Labute approximate surface area is 123 Å². The fraction of sp³-hybridized carbons (Fsp3) is 0.312. The van der Waals surface area contributed by atoms with E-state index in [1.165, 1.54) is 4.68 Å². The molecule has 21 heavy (non-hydrogen) atoms. The predicted octanol–water partition coefficient (Wildman–Crippen LogP) is 3.00. The van der Waals surface area contributed by atoms with E-state index in [2.05, 4.69) is 11.2 Å². The van der Waals surface area contributed by atoms with Crippen molar-refractivity contribution in [1.82, 2.24) is 9.78 Å². The number of carboxylic acid groups (broad SMARTS) is 1. The van der Waals surface area contributed by atoms with Gasteiger partial charge in [0.15, 0.2) is 0 Å². The number of carbonyl (C=O) groups is 1. The van der Waals surface area contributed by atoms with Gasteiger partial charge in [-0.1, -0.05) is 24.3 Å². The van der Waals surface area contributed by atoms with Crippen LogP contribution in [0.25, 0.3) is 11.1 Å². The van der Waals surface area contributed by atoms with Gasteiger partial charge in [0.25, 0.3) is 0 Å². The second-order valence-electron chi connectivity index (χ2n) is 5.54. The fourth-order valence-corrected chi connectivity index (χ4v) is 1.96. The van der Waals surface area contributed by atoms with Crippen molar-refractivity contribution in [2.75, 3.05) is 0 Å². The van der Waals surface area contributed by atoms with Gasteiger partial charge in [-0.15, -0.1) is 0 Å². The Morgan fingerprint density at radius 1 is 1.33 bits per heavy atom. The number of aromatic nitrogens is 2. The summed E-state index contributed by atoms with van der Waals surface area (Å²) in [6, 6.07) is 9.23. The maximum Gasteiger partial charge on any atom is 0.328 e. The van der Waals surface area contributed by atoms with Crippen LogP contribution in [0.4, 0.5) is 0 Å². The molecule has 2 aromatic rings. The van der Waals surface area contributed by atoms with Crippen molar-refractivity contribution in [2.45, 2.75) is 32.2 Å². The number of rotatable bonds is 4. The summed E-state index contributed by atoms with van der Waals surface area (Å²) in [4.78, 5) is 10.9. The van der Waals surface area contributed by atoms with Crippen molar-refractivity contribution in [3.8, 4) is 17.2 Å². The molecule has 1 aromatic heterocycles. The van der Waals surface area contributed by atoms with Crippen LogP contribution in [0.3, 0.4) is 0 Å². The Balaban J connectivity index is 2.28. The van der Waals surface area contributed by atoms with E-state index in [0.717, 1.165) is 16.7 Å². The molecule has 108 valence electrons. The maximum absolute atomic E-state index is 10.9. The van der Waals surface area contributed by atoms with Crippen molar-refractivity contribution in [2.24, 2.45) is 0 Å². The normalized spacial score (nSPS) is 12.7. The third kappa shape index (κ3) is 2.95. The van der Waals surface area contributed by atoms with Crippen molar-refractivity contribution < 1.29 is 9.90 Å². The molecule has 0 bridgehead atoms. The third-order valence-corrected chi connectivity index (χ3v) is 3.58. The van der Waals surface area contributed by atoms with Gasteiger partial charge in [0.2, 0.25) is 0 Å². The lowest BCUT2D eigenvalue weighted by Crippen LogP contribution is -2.15. The van der Waals surface area contributed by atoms with Crippen LogP contribution in [0.5, 0.6) is 0 Å². The van der Waals surface area contributed by atoms with E-state index in [4.69, 9.17) is 10.4 Å². The molecule has 1 atom stereocenters. The van der Waals surface area contributed by atoms with Gasteiger partial charge < -0.3 is 5.11 Å². The fourth-order valence-electron chi connectivity index (χ4n) is 1.96. The summed E-state index contributed by atoms with van der Waals surface area (Å²) in [5, 5.41) is 22.2. The van der Waals surface area contributed by atoms with Crippen molar-refractivity contribution >= 4 is 5.97 Å². The molecule has 2 rings (SSSR count). The molecule has 1 heterocycles. The molecule has 1 N–H and O–H groups in total. The Kier molecular flexibility index (Phi) is 3.81. The molecule has 0 saturated carbocycles. The van der Waals surface area contributed by atoms with Gasteiger partial charge >= 0.3 is 5.97 Å². The first-order valence-corrected chi connectivity index (χ1v) is 6.64. The number of hydrogen-bond acceptors (Lipinski definition) is 3. The van der Waals surface area contributed by atoms with Crippen LogP contribution < -0.4 is 0 Å². The molecule has 0 saturated heterocycles. The molecule has 0 spiro atoms. The Morgan fingerprint density at radius 3 is 2.48 bits per heavy atom. The highest BCUT2D eigenvalue weighted by molar-refractivity contribution is 5.71. The summed E-state index contributed by atoms with van der Waals surface area (Å²) < 4.78 is 1.42. The van der Waals surface area contributed by atoms with Gasteiger partial charge in [-0.3, -0.25) is 4.68 Å². The van der Waals surface area contributed by atoms with E-state index in [1.54, 1.807) is 19.3 Å². The quantitative estimate of drug-likeness (QED) is 0.935. The summed E-state index contributed by atoms with van der Waals surface area (Å²) in [7, 11) is 0. The summed E-state index contributed by atoms with van der Waals surface area (Å²) >= 11 is 0. The zero-order valence-electron chi connectivity index (χ0n) is 12.2. The van der Waals surface area contributed by atoms with Crippen LogP contribution in [-0.4, -0.2) is 20.9 Å². The minimum atomic E-state index is -0.921. The molecule has 0 fully saturated rings. The van der Waals surface area contributed by atoms with Crippen molar-refractivity contribution in [1.29, 1.82) is 5.26 Å². The number of aliphatic carboxylic acids is 1. The van der Waals surface area contributed by atoms with Crippen LogP contribution in [-0.2, 0) is 10.2 Å². The van der Waals surface area contributed by atoms with E-state index in [1.807, 2.05) is 38.1 Å². The lowest BCUT2D eigenvalue weighted by molar-refractivity contribution is -0.140. The molecule has 0 unspecified atom stereocenters. The van der Waals surface area contributed by atoms with E-state index < -0.39 is 17.4 Å². The van der Waals surface area contributed by atoms with E-state index in [-0.39, 0.29) is 0 Å². The molecule has 5 nitrogen and oxygen atoms in total. The van der Waals surface area contributed by atoms with Gasteiger partial charge in [-0.05, 0) is 31.9 Å². The lowest BCUT2D eigenvalue weighted by Gasteiger charge is -2.15. The molecular weight excluding hydrogens is 266 g/mol. The van der Waals surface area contributed by atoms with Crippen molar-refractivity contribution in [3.05, 3.63) is 42.2 Å². The first-order chi connectivity index (χ1) is 9.85. The summed E-state index contributed by atoms with van der Waals surface area (Å²) in [5.74, 6) is -0.921. The van der Waals surface area contributed by atoms with Gasteiger partial charge in [0, 0.05) is 11.8 Å². The van der Waals surface area contributed by atoms with Gasteiger partial charge in [-0.25, -0.2) is 4.79 Å². The Bertz CT molecular complexity index is 693. The number of nitriles is 1. The zero-order chi connectivity index (χ0) is 15.6. The maximum atomic E-state index is 10.9. The monoisotopic (exact) mass is 283 g/mol. The Hall–Kier alpha value is -2.61. The minimum Gasteiger partial charge on any atom is -0.480 e. The zero-order valence-corrected chi connectivity index (χ0v) is 12.2. The molecule has 0 aliphatic carbocycles. The average molecular weight is 283 g/mol. The number of benzene rings is 1. The first-order valence-electron chi connectivity index (χ1n) is 6.64. The first kappa shape index (κ1) is 14.8. The lowest BCUT2D eigenvalue weighted by atomic mass is 9.86. The average Bonchev–Trinajstić information content (AvgIpc) is 2.96. The highest BCUT2D eigenvalue weighted by Crippen LogP contribution is 2.26. The van der Waals surface area contributed by atoms with Crippen LogP contribution in [0, 0.1) is 11.3 Å². The Morgan fingerprint density at radius 2 is 1.95 bits per heavy atom. The molecule has 1 aromatic carbocycles. The van der Waals surface area contributed by atoms with Gasteiger partial charge in [0.1, 0.15) is 6.04 Å². The highest BCUT2D eigenvalue weighted by atomic mass is 16.4. The van der Waals surface area contributed by atoms with E-state index in [0.29, 0.717) is 0 Å². The second kappa shape index (κ2) is 5.41. The number of carboxylic acids is 1. The molecule has 0 aliphatic heterocycles. The molecule has 0 aliphatic rings. The van der Waals surface area contributed by atoms with E-state index >= 15 is 0 Å². The second-order valence-corrected chi connectivity index (χ2v) is 5.54. The SMILES string of the molecule is C[C@@H](C(=O)O)n1cc(-c2ccc(C(C)(C)C#N)cc2)cn1. The highest BCUT2D eigenvalue weighted by Gasteiger charge is 2.19. The van der Waals surface area contributed by atoms with E-state index in [9.17, 15) is 4.79 Å². The molecular formula is C16H17N3O2. The van der Waals surface area contributed by atoms with Crippen LogP contribution >= 0.6 is 0 Å². The number of hydrogen-bond donors (Lipinski definition) is 1. The van der Waals surface area contributed by atoms with Crippen LogP contribution in [0.1, 0.15) is 32.4 Å². The summed E-state index contributed by atoms with van der Waals surface area (Å²) in [5.41, 5.74) is 2.21. The standard InChI is InChI=1S/C16H17N3O2/c1-11(15(20)21)19-9-13(8-18-19)12-4-6-14(7-5-12)16(2,3)10-17/h4-9,11H,1-3H3,(H,20,21)/t11-/m0/s1. The molecule has 5 heteroatoms. The van der Waals surface area contributed by atoms with Crippen LogP contribution in [0.2, 0.25) is 0 Å². The number of nitrogens with zero attached hydrogens (tertiary/aromatic N) is 3. The van der Waals surface area contributed by atoms with Crippen molar-refractivity contribution in [3.63, 3.8) is 0 Å². The smallest absolute Gasteiger partial charge is 0.328 e. The third-order valence-electron chi connectivity index (χ3n) is 3.58. The predicted molar refractivity (Wildman–Crippen MR) is 78.6 cm³/mol.